The van der Waals surface area contributed by atoms with Gasteiger partial charge in [0.2, 0.25) is 0 Å². The van der Waals surface area contributed by atoms with Crippen LogP contribution in [-0.2, 0) is 11.3 Å². The predicted octanol–water partition coefficient (Wildman–Crippen LogP) is 6.65. The summed E-state index contributed by atoms with van der Waals surface area (Å²) in [7, 11) is 0. The van der Waals surface area contributed by atoms with Gasteiger partial charge >= 0.3 is 0 Å². The maximum absolute atomic E-state index is 13.1. The van der Waals surface area contributed by atoms with Gasteiger partial charge in [0.25, 0.3) is 11.1 Å². The molecule has 0 spiro atoms. The summed E-state index contributed by atoms with van der Waals surface area (Å²) in [5, 5.41) is 1.87. The lowest BCUT2D eigenvalue weighted by Crippen LogP contribution is -2.27. The minimum absolute atomic E-state index is 0.248. The van der Waals surface area contributed by atoms with Gasteiger partial charge in [0.05, 0.1) is 24.7 Å². The first-order valence-corrected chi connectivity index (χ1v) is 12.0. The molecule has 3 aromatic carbocycles. The maximum atomic E-state index is 13.1. The number of rotatable bonds is 9. The molecule has 1 saturated heterocycles. The fourth-order valence-electron chi connectivity index (χ4n) is 3.72. The molecule has 0 N–H and O–H groups in total. The van der Waals surface area contributed by atoms with Crippen molar-refractivity contribution in [2.45, 2.75) is 33.2 Å². The lowest BCUT2D eigenvalue weighted by atomic mass is 10.0. The molecular formula is C27H27NO4S. The average Bonchev–Trinajstić information content (AvgIpc) is 3.08. The molecule has 1 aliphatic rings. The summed E-state index contributed by atoms with van der Waals surface area (Å²) in [6.45, 7) is 5.42. The molecule has 2 amide bonds. The first-order valence-electron chi connectivity index (χ1n) is 11.2. The summed E-state index contributed by atoms with van der Waals surface area (Å²) < 4.78 is 11.6. The number of hydrogen-bond donors (Lipinski definition) is 0. The predicted molar refractivity (Wildman–Crippen MR) is 133 cm³/mol. The number of nitrogens with zero attached hydrogens (tertiary/aromatic N) is 1. The number of imide groups is 1. The number of fused-ring (bicyclic) bond motifs is 1. The van der Waals surface area contributed by atoms with Crippen LogP contribution in [0.4, 0.5) is 4.79 Å². The number of hydrogen-bond acceptors (Lipinski definition) is 5. The van der Waals surface area contributed by atoms with Crippen LogP contribution in [0.3, 0.4) is 0 Å². The molecule has 1 aliphatic heterocycles. The lowest BCUT2D eigenvalue weighted by molar-refractivity contribution is -0.123. The van der Waals surface area contributed by atoms with Gasteiger partial charge in [-0.2, -0.15) is 0 Å². The molecule has 1 heterocycles. The minimum atomic E-state index is -0.279. The third kappa shape index (κ3) is 5.22. The number of amides is 2. The van der Waals surface area contributed by atoms with Crippen LogP contribution in [0.25, 0.3) is 16.8 Å². The first kappa shape index (κ1) is 22.9. The molecule has 33 heavy (non-hydrogen) atoms. The quantitative estimate of drug-likeness (QED) is 0.264. The van der Waals surface area contributed by atoms with Crippen LogP contribution >= 0.6 is 11.8 Å². The Morgan fingerprint density at radius 2 is 1.76 bits per heavy atom. The van der Waals surface area contributed by atoms with Crippen LogP contribution in [0.2, 0.25) is 0 Å². The molecular weight excluding hydrogens is 434 g/mol. The van der Waals surface area contributed by atoms with Crippen molar-refractivity contribution < 1.29 is 19.1 Å². The third-order valence-corrected chi connectivity index (χ3v) is 6.31. The Balaban J connectivity index is 1.55. The third-order valence-electron chi connectivity index (χ3n) is 5.40. The number of unbranched alkanes of at least 4 members (excludes halogenated alkanes) is 1. The Hall–Kier alpha value is -3.25. The second-order valence-electron chi connectivity index (χ2n) is 7.75. The molecule has 0 radical (unpaired) electrons. The molecule has 170 valence electrons. The minimum Gasteiger partial charge on any atom is -0.490 e. The highest BCUT2D eigenvalue weighted by atomic mass is 32.2. The smallest absolute Gasteiger partial charge is 0.293 e. The zero-order valence-electron chi connectivity index (χ0n) is 18.9. The number of benzene rings is 3. The summed E-state index contributed by atoms with van der Waals surface area (Å²) in [6, 6.07) is 19.5. The highest BCUT2D eigenvalue weighted by Crippen LogP contribution is 2.36. The molecule has 5 nitrogen and oxygen atoms in total. The Morgan fingerprint density at radius 3 is 2.58 bits per heavy atom. The maximum Gasteiger partial charge on any atom is 0.293 e. The molecule has 0 saturated carbocycles. The van der Waals surface area contributed by atoms with Gasteiger partial charge in [0.1, 0.15) is 0 Å². The first-order chi connectivity index (χ1) is 16.1. The molecule has 6 heteroatoms. The monoisotopic (exact) mass is 461 g/mol. The van der Waals surface area contributed by atoms with E-state index in [1.807, 2.05) is 67.6 Å². The van der Waals surface area contributed by atoms with E-state index in [0.29, 0.717) is 29.6 Å². The molecule has 0 bridgehead atoms. The highest BCUT2D eigenvalue weighted by molar-refractivity contribution is 8.18. The van der Waals surface area contributed by atoms with Crippen LogP contribution in [-0.4, -0.2) is 29.3 Å². The SMILES string of the molecule is CCCCOc1ccc(/C=C2\SC(=O)N(Cc3cccc4ccccc34)C2=O)cc1OCC. The summed E-state index contributed by atoms with van der Waals surface area (Å²) >= 11 is 0.968. The summed E-state index contributed by atoms with van der Waals surface area (Å²) in [5.41, 5.74) is 1.74. The van der Waals surface area contributed by atoms with Crippen LogP contribution in [0, 0.1) is 0 Å². The Bertz CT molecular complexity index is 1200. The van der Waals surface area contributed by atoms with Crippen LogP contribution in [0.5, 0.6) is 11.5 Å². The van der Waals surface area contributed by atoms with Crippen LogP contribution in [0.1, 0.15) is 37.8 Å². The number of ether oxygens (including phenoxy) is 2. The summed E-state index contributed by atoms with van der Waals surface area (Å²) in [4.78, 5) is 27.5. The van der Waals surface area contributed by atoms with E-state index in [9.17, 15) is 9.59 Å². The normalized spacial score (nSPS) is 15.0. The van der Waals surface area contributed by atoms with Crippen molar-refractivity contribution >= 4 is 39.8 Å². The van der Waals surface area contributed by atoms with E-state index < -0.39 is 0 Å². The average molecular weight is 462 g/mol. The van der Waals surface area contributed by atoms with Crippen LogP contribution in [0.15, 0.2) is 65.6 Å². The van der Waals surface area contributed by atoms with Crippen molar-refractivity contribution in [2.75, 3.05) is 13.2 Å². The van der Waals surface area contributed by atoms with E-state index in [4.69, 9.17) is 9.47 Å². The fourth-order valence-corrected chi connectivity index (χ4v) is 4.56. The van der Waals surface area contributed by atoms with Crippen LogP contribution < -0.4 is 9.47 Å². The van der Waals surface area contributed by atoms with Gasteiger partial charge in [-0.25, -0.2) is 0 Å². The highest BCUT2D eigenvalue weighted by Gasteiger charge is 2.35. The van der Waals surface area contributed by atoms with Crippen molar-refractivity contribution in [2.24, 2.45) is 0 Å². The molecule has 0 aliphatic carbocycles. The Morgan fingerprint density at radius 1 is 0.939 bits per heavy atom. The molecule has 0 atom stereocenters. The zero-order valence-corrected chi connectivity index (χ0v) is 19.7. The van der Waals surface area contributed by atoms with E-state index in [0.717, 1.165) is 46.5 Å². The topological polar surface area (TPSA) is 55.8 Å². The van der Waals surface area contributed by atoms with E-state index >= 15 is 0 Å². The van der Waals surface area contributed by atoms with Crippen molar-refractivity contribution in [3.8, 4) is 11.5 Å². The standard InChI is InChI=1S/C27H27NO4S/c1-3-5-15-32-23-14-13-19(16-24(23)31-4-2)17-25-26(29)28(27(30)33-25)18-21-11-8-10-20-9-6-7-12-22(20)21/h6-14,16-17H,3-5,15,18H2,1-2H3/b25-17-. The number of carbonyl (C=O) groups excluding carboxylic acids is 2. The second-order valence-corrected chi connectivity index (χ2v) is 8.74. The lowest BCUT2D eigenvalue weighted by Gasteiger charge is -2.14. The molecule has 0 unspecified atom stereocenters. The molecule has 0 aromatic heterocycles. The Labute approximate surface area is 198 Å². The van der Waals surface area contributed by atoms with E-state index in [2.05, 4.69) is 6.92 Å². The second kappa shape index (κ2) is 10.6. The van der Waals surface area contributed by atoms with E-state index in [-0.39, 0.29) is 17.7 Å². The van der Waals surface area contributed by atoms with Crippen molar-refractivity contribution in [3.05, 3.63) is 76.7 Å². The zero-order chi connectivity index (χ0) is 23.2. The fraction of sp³-hybridized carbons (Fsp3) is 0.259. The summed E-state index contributed by atoms with van der Waals surface area (Å²) in [5.74, 6) is 1.04. The largest absolute Gasteiger partial charge is 0.490 e. The number of thioether (sulfide) groups is 1. The molecule has 4 rings (SSSR count). The van der Waals surface area contributed by atoms with Crippen molar-refractivity contribution in [1.29, 1.82) is 0 Å². The molecule has 1 fully saturated rings. The van der Waals surface area contributed by atoms with Crippen molar-refractivity contribution in [1.82, 2.24) is 4.90 Å². The van der Waals surface area contributed by atoms with Gasteiger partial charge in [-0.15, -0.1) is 0 Å². The number of carbonyl (C=O) groups is 2. The van der Waals surface area contributed by atoms with Gasteiger partial charge < -0.3 is 9.47 Å². The van der Waals surface area contributed by atoms with E-state index in [1.54, 1.807) is 6.08 Å². The Kier molecular flexibility index (Phi) is 7.35. The van der Waals surface area contributed by atoms with E-state index in [1.165, 1.54) is 4.90 Å². The van der Waals surface area contributed by atoms with Gasteiger partial charge in [-0.05, 0) is 65.2 Å². The molecule has 3 aromatic rings. The van der Waals surface area contributed by atoms with Gasteiger partial charge in [0.15, 0.2) is 11.5 Å². The van der Waals surface area contributed by atoms with Gasteiger partial charge in [-0.3, -0.25) is 14.5 Å². The summed E-state index contributed by atoms with van der Waals surface area (Å²) in [6.07, 6.45) is 3.76. The van der Waals surface area contributed by atoms with Gasteiger partial charge in [0, 0.05) is 0 Å². The van der Waals surface area contributed by atoms with Crippen molar-refractivity contribution in [3.63, 3.8) is 0 Å². The van der Waals surface area contributed by atoms with Gasteiger partial charge in [-0.1, -0.05) is 61.9 Å².